The lowest BCUT2D eigenvalue weighted by Gasteiger charge is -2.04. The zero-order chi connectivity index (χ0) is 11.8. The Bertz CT molecular complexity index is 503. The molecule has 0 radical (unpaired) electrons. The maximum atomic E-state index is 11.8. The molecule has 1 fully saturated rings. The first-order chi connectivity index (χ1) is 7.48. The molecule has 4 nitrogen and oxygen atoms in total. The lowest BCUT2D eigenvalue weighted by Crippen LogP contribution is -2.10. The van der Waals surface area contributed by atoms with Crippen molar-refractivity contribution in [2.45, 2.75) is 12.8 Å². The number of furan rings is 1. The van der Waals surface area contributed by atoms with Crippen LogP contribution in [-0.2, 0) is 9.84 Å². The molecule has 1 unspecified atom stereocenters. The minimum atomic E-state index is -2.91. The average molecular weight is 307 g/mol. The van der Waals surface area contributed by atoms with Gasteiger partial charge in [-0.3, -0.25) is 4.79 Å². The van der Waals surface area contributed by atoms with Gasteiger partial charge >= 0.3 is 0 Å². The van der Waals surface area contributed by atoms with Crippen molar-refractivity contribution in [3.63, 3.8) is 0 Å². The maximum Gasteiger partial charge on any atom is 0.199 e. The van der Waals surface area contributed by atoms with Gasteiger partial charge in [0.1, 0.15) is 0 Å². The third-order valence-corrected chi connectivity index (χ3v) is 5.13. The Hall–Kier alpha value is -0.620. The Kier molecular flexibility index (Phi) is 3.21. The van der Waals surface area contributed by atoms with Crippen LogP contribution in [0.15, 0.2) is 21.2 Å². The number of carbonyl (C=O) groups excluding carboxylic acids is 1. The van der Waals surface area contributed by atoms with Crippen LogP contribution < -0.4 is 0 Å². The molecule has 0 bridgehead atoms. The number of sulfone groups is 1. The Labute approximate surface area is 102 Å². The van der Waals surface area contributed by atoms with Crippen LogP contribution >= 0.6 is 15.9 Å². The van der Waals surface area contributed by atoms with Gasteiger partial charge in [0, 0.05) is 6.42 Å². The van der Waals surface area contributed by atoms with Crippen LogP contribution in [-0.4, -0.2) is 25.7 Å². The predicted octanol–water partition coefficient (Wildman–Crippen LogP) is 2.05. The minimum Gasteiger partial charge on any atom is -0.460 e. The smallest absolute Gasteiger partial charge is 0.199 e. The van der Waals surface area contributed by atoms with E-state index in [4.69, 9.17) is 4.42 Å². The molecule has 1 atom stereocenters. The van der Waals surface area contributed by atoms with E-state index < -0.39 is 9.84 Å². The molecule has 0 N–H and O–H groups in total. The number of hydrogen-bond acceptors (Lipinski definition) is 4. The molecule has 0 amide bonds. The summed E-state index contributed by atoms with van der Waals surface area (Å²) < 4.78 is 28.1. The molecule has 16 heavy (non-hydrogen) atoms. The molecular formula is C10H11BrO4S. The van der Waals surface area contributed by atoms with E-state index in [-0.39, 0.29) is 35.4 Å². The minimum absolute atomic E-state index is 0.0606. The number of hydrogen-bond donors (Lipinski definition) is 0. The second-order valence-corrected chi connectivity index (χ2v) is 7.08. The van der Waals surface area contributed by atoms with Crippen molar-refractivity contribution in [3.05, 3.63) is 22.6 Å². The van der Waals surface area contributed by atoms with E-state index in [1.165, 1.54) is 6.26 Å². The highest BCUT2D eigenvalue weighted by Crippen LogP contribution is 2.26. The first kappa shape index (κ1) is 11.9. The van der Waals surface area contributed by atoms with Crippen LogP contribution in [0.5, 0.6) is 0 Å². The molecule has 1 aliphatic heterocycles. The van der Waals surface area contributed by atoms with Gasteiger partial charge in [0.25, 0.3) is 0 Å². The number of halogens is 1. The van der Waals surface area contributed by atoms with Crippen molar-refractivity contribution in [2.75, 3.05) is 11.5 Å². The predicted molar refractivity (Wildman–Crippen MR) is 62.1 cm³/mol. The van der Waals surface area contributed by atoms with E-state index in [9.17, 15) is 13.2 Å². The summed E-state index contributed by atoms with van der Waals surface area (Å²) in [6, 6.07) is 1.65. The van der Waals surface area contributed by atoms with Gasteiger partial charge in [-0.1, -0.05) is 0 Å². The summed E-state index contributed by atoms with van der Waals surface area (Å²) in [6.45, 7) is 0. The normalized spacial score (nSPS) is 23.4. The van der Waals surface area contributed by atoms with Gasteiger partial charge in [0.2, 0.25) is 0 Å². The van der Waals surface area contributed by atoms with Crippen molar-refractivity contribution in [2.24, 2.45) is 5.92 Å². The molecule has 2 rings (SSSR count). The van der Waals surface area contributed by atoms with Crippen LogP contribution in [0.25, 0.3) is 0 Å². The Balaban J connectivity index is 2.02. The standard InChI is InChI=1S/C10H11BrO4S/c11-8-1-3-15-10(8)9(12)5-7-2-4-16(13,14)6-7/h1,3,7H,2,4-6H2. The largest absolute Gasteiger partial charge is 0.460 e. The van der Waals surface area contributed by atoms with E-state index in [1.807, 2.05) is 0 Å². The number of carbonyl (C=O) groups is 1. The Morgan fingerprint density at radius 2 is 2.31 bits per heavy atom. The lowest BCUT2D eigenvalue weighted by atomic mass is 10.0. The number of rotatable bonds is 3. The highest BCUT2D eigenvalue weighted by molar-refractivity contribution is 9.10. The Morgan fingerprint density at radius 3 is 2.81 bits per heavy atom. The van der Waals surface area contributed by atoms with E-state index >= 15 is 0 Å². The second-order valence-electron chi connectivity index (χ2n) is 3.99. The SMILES string of the molecule is O=C(CC1CCS(=O)(=O)C1)c1occc1Br. The molecule has 0 saturated carbocycles. The molecular weight excluding hydrogens is 296 g/mol. The molecule has 0 spiro atoms. The van der Waals surface area contributed by atoms with Gasteiger partial charge in [0.15, 0.2) is 21.4 Å². The van der Waals surface area contributed by atoms with E-state index in [0.717, 1.165) is 0 Å². The molecule has 88 valence electrons. The van der Waals surface area contributed by atoms with Gasteiger partial charge in [0.05, 0.1) is 22.2 Å². The van der Waals surface area contributed by atoms with E-state index in [1.54, 1.807) is 6.07 Å². The van der Waals surface area contributed by atoms with Crippen molar-refractivity contribution in [1.29, 1.82) is 0 Å². The van der Waals surface area contributed by atoms with E-state index in [2.05, 4.69) is 15.9 Å². The third-order valence-electron chi connectivity index (χ3n) is 2.67. The monoisotopic (exact) mass is 306 g/mol. The van der Waals surface area contributed by atoms with Crippen molar-refractivity contribution in [3.8, 4) is 0 Å². The van der Waals surface area contributed by atoms with Crippen LogP contribution in [0.4, 0.5) is 0 Å². The summed E-state index contributed by atoms with van der Waals surface area (Å²) >= 11 is 3.21. The van der Waals surface area contributed by atoms with Crippen LogP contribution in [0.3, 0.4) is 0 Å². The van der Waals surface area contributed by atoms with Gasteiger partial charge in [-0.15, -0.1) is 0 Å². The first-order valence-electron chi connectivity index (χ1n) is 4.94. The molecule has 1 aromatic heterocycles. The fourth-order valence-electron chi connectivity index (χ4n) is 1.88. The van der Waals surface area contributed by atoms with Crippen molar-refractivity contribution >= 4 is 31.6 Å². The molecule has 2 heterocycles. The van der Waals surface area contributed by atoms with Crippen LogP contribution in [0.2, 0.25) is 0 Å². The van der Waals surface area contributed by atoms with Gasteiger partial charge in [-0.25, -0.2) is 8.42 Å². The first-order valence-corrected chi connectivity index (χ1v) is 7.56. The number of Topliss-reactive ketones (excluding diaryl/α,β-unsaturated/α-hetero) is 1. The summed E-state index contributed by atoms with van der Waals surface area (Å²) in [4.78, 5) is 11.8. The maximum absolute atomic E-state index is 11.8. The molecule has 0 aliphatic carbocycles. The summed E-state index contributed by atoms with van der Waals surface area (Å²) in [6.07, 6.45) is 2.25. The highest BCUT2D eigenvalue weighted by Gasteiger charge is 2.30. The van der Waals surface area contributed by atoms with Crippen LogP contribution in [0, 0.1) is 5.92 Å². The Morgan fingerprint density at radius 1 is 1.56 bits per heavy atom. The number of ketones is 1. The average Bonchev–Trinajstić information content (AvgIpc) is 2.72. The highest BCUT2D eigenvalue weighted by atomic mass is 79.9. The van der Waals surface area contributed by atoms with Gasteiger partial charge < -0.3 is 4.42 Å². The molecule has 1 saturated heterocycles. The summed E-state index contributed by atoms with van der Waals surface area (Å²) in [5.41, 5.74) is 0. The fraction of sp³-hybridized carbons (Fsp3) is 0.500. The van der Waals surface area contributed by atoms with Crippen molar-refractivity contribution < 1.29 is 17.6 Å². The van der Waals surface area contributed by atoms with Gasteiger partial charge in [-0.2, -0.15) is 0 Å². The molecule has 1 aromatic rings. The lowest BCUT2D eigenvalue weighted by molar-refractivity contribution is 0.0937. The third kappa shape index (κ3) is 2.55. The summed E-state index contributed by atoms with van der Waals surface area (Å²) in [5.74, 6) is 0.402. The molecule has 1 aliphatic rings. The van der Waals surface area contributed by atoms with Gasteiger partial charge in [-0.05, 0) is 34.3 Å². The van der Waals surface area contributed by atoms with Crippen molar-refractivity contribution in [1.82, 2.24) is 0 Å². The quantitative estimate of drug-likeness (QED) is 0.802. The summed E-state index contributed by atoms with van der Waals surface area (Å²) in [7, 11) is -2.91. The zero-order valence-electron chi connectivity index (χ0n) is 8.48. The topological polar surface area (TPSA) is 64.3 Å². The summed E-state index contributed by atoms with van der Waals surface area (Å²) in [5, 5.41) is 0. The van der Waals surface area contributed by atoms with Crippen LogP contribution in [0.1, 0.15) is 23.4 Å². The molecule has 6 heteroatoms. The fourth-order valence-corrected chi connectivity index (χ4v) is 4.16. The molecule has 0 aromatic carbocycles. The second kappa shape index (κ2) is 4.33. The van der Waals surface area contributed by atoms with E-state index in [0.29, 0.717) is 10.9 Å². The zero-order valence-corrected chi connectivity index (χ0v) is 10.9.